The fourth-order valence-corrected chi connectivity index (χ4v) is 6.68. The minimum absolute atomic E-state index is 0.881. The SMILES string of the molecule is CCc1nc2ccccc2n1-c1ccc(-c2ccc3c(c2)-c2cccc4cc5c(oc6ccccc65)c-3c24)cc1. The summed E-state index contributed by atoms with van der Waals surface area (Å²) < 4.78 is 8.75. The molecule has 0 saturated carbocycles. The van der Waals surface area contributed by atoms with Crippen molar-refractivity contribution >= 4 is 43.7 Å². The number of benzene rings is 6. The molecule has 0 unspecified atom stereocenters. The molecule has 2 aromatic heterocycles. The predicted molar refractivity (Wildman–Crippen MR) is 165 cm³/mol. The molecule has 3 heteroatoms. The van der Waals surface area contributed by atoms with Gasteiger partial charge < -0.3 is 4.42 Å². The Balaban J connectivity index is 1.19. The highest BCUT2D eigenvalue weighted by Gasteiger charge is 2.26. The summed E-state index contributed by atoms with van der Waals surface area (Å²) >= 11 is 0. The zero-order chi connectivity index (χ0) is 26.4. The fourth-order valence-electron chi connectivity index (χ4n) is 6.68. The van der Waals surface area contributed by atoms with Gasteiger partial charge >= 0.3 is 0 Å². The summed E-state index contributed by atoms with van der Waals surface area (Å²) in [6.45, 7) is 2.16. The van der Waals surface area contributed by atoms with E-state index in [0.29, 0.717) is 0 Å². The van der Waals surface area contributed by atoms with Crippen LogP contribution >= 0.6 is 0 Å². The Labute approximate surface area is 230 Å². The maximum Gasteiger partial charge on any atom is 0.143 e. The standard InChI is InChI=1S/C37H24N2O/c1-2-34-38-31-11-4-5-12-32(31)39(34)25-17-14-22(15-18-25)23-16-19-28-29(20-23)27-10-7-8-24-21-30-26-9-3-6-13-33(26)40-37(30)36(28)35(24)27/h3-21H,2H2,1H3. The summed E-state index contributed by atoms with van der Waals surface area (Å²) in [6, 6.07) is 41.4. The third kappa shape index (κ3) is 2.86. The first-order valence-electron chi connectivity index (χ1n) is 13.9. The van der Waals surface area contributed by atoms with Gasteiger partial charge in [0.1, 0.15) is 17.0 Å². The second-order valence-corrected chi connectivity index (χ2v) is 10.6. The first-order valence-corrected chi connectivity index (χ1v) is 13.9. The number of fused-ring (bicyclic) bond motifs is 8. The zero-order valence-electron chi connectivity index (χ0n) is 22.0. The van der Waals surface area contributed by atoms with Gasteiger partial charge in [-0.05, 0) is 75.7 Å². The number of nitrogens with zero attached hydrogens (tertiary/aromatic N) is 2. The monoisotopic (exact) mass is 512 g/mol. The van der Waals surface area contributed by atoms with Crippen LogP contribution in [0.4, 0.5) is 0 Å². The number of hydrogen-bond acceptors (Lipinski definition) is 2. The van der Waals surface area contributed by atoms with Gasteiger partial charge in [-0.25, -0.2) is 4.98 Å². The topological polar surface area (TPSA) is 31.0 Å². The van der Waals surface area contributed by atoms with Crippen molar-refractivity contribution in [2.24, 2.45) is 0 Å². The van der Waals surface area contributed by atoms with Gasteiger partial charge in [0.05, 0.1) is 11.0 Å². The summed E-state index contributed by atoms with van der Waals surface area (Å²) in [5.74, 6) is 1.08. The van der Waals surface area contributed by atoms with Gasteiger partial charge in [0.15, 0.2) is 0 Å². The fraction of sp³-hybridized carbons (Fsp3) is 0.0541. The molecule has 8 aromatic rings. The number of aryl methyl sites for hydroxylation is 1. The van der Waals surface area contributed by atoms with Gasteiger partial charge in [0.25, 0.3) is 0 Å². The Morgan fingerprint density at radius 2 is 1.50 bits per heavy atom. The Morgan fingerprint density at radius 3 is 2.40 bits per heavy atom. The lowest BCUT2D eigenvalue weighted by Crippen LogP contribution is -1.99. The first-order chi connectivity index (χ1) is 19.8. The molecule has 0 amide bonds. The van der Waals surface area contributed by atoms with E-state index in [1.165, 1.54) is 54.9 Å². The predicted octanol–water partition coefficient (Wildman–Crippen LogP) is 9.95. The Hall–Kier alpha value is -5.15. The molecular formula is C37H24N2O. The zero-order valence-corrected chi connectivity index (χ0v) is 22.0. The summed E-state index contributed by atoms with van der Waals surface area (Å²) in [6.07, 6.45) is 0.881. The number of aromatic nitrogens is 2. The van der Waals surface area contributed by atoms with E-state index in [2.05, 4.69) is 115 Å². The van der Waals surface area contributed by atoms with Crippen LogP contribution in [-0.2, 0) is 6.42 Å². The lowest BCUT2D eigenvalue weighted by molar-refractivity contribution is 0.670. The highest BCUT2D eigenvalue weighted by Crippen LogP contribution is 2.52. The third-order valence-electron chi connectivity index (χ3n) is 8.49. The number of imidazole rings is 1. The quantitative estimate of drug-likeness (QED) is 0.236. The van der Waals surface area contributed by atoms with Crippen molar-refractivity contribution in [3.8, 4) is 39.1 Å². The molecule has 3 nitrogen and oxygen atoms in total. The molecule has 1 aliphatic rings. The van der Waals surface area contributed by atoms with Crippen LogP contribution in [0.5, 0.6) is 0 Å². The average molecular weight is 513 g/mol. The molecule has 0 fully saturated rings. The minimum atomic E-state index is 0.881. The Bertz CT molecular complexity index is 2300. The van der Waals surface area contributed by atoms with Crippen LogP contribution < -0.4 is 0 Å². The van der Waals surface area contributed by atoms with Crippen LogP contribution in [0.2, 0.25) is 0 Å². The van der Waals surface area contributed by atoms with Crippen molar-refractivity contribution in [2.45, 2.75) is 13.3 Å². The average Bonchev–Trinajstić information content (AvgIpc) is 3.68. The van der Waals surface area contributed by atoms with Crippen molar-refractivity contribution < 1.29 is 4.42 Å². The van der Waals surface area contributed by atoms with E-state index in [4.69, 9.17) is 9.40 Å². The van der Waals surface area contributed by atoms with Gasteiger partial charge in [-0.3, -0.25) is 4.57 Å². The van der Waals surface area contributed by atoms with Crippen LogP contribution in [0.15, 0.2) is 120 Å². The maximum absolute atomic E-state index is 6.48. The van der Waals surface area contributed by atoms with Crippen molar-refractivity contribution in [2.75, 3.05) is 0 Å². The van der Waals surface area contributed by atoms with Gasteiger partial charge in [0.2, 0.25) is 0 Å². The van der Waals surface area contributed by atoms with Crippen LogP contribution in [0, 0.1) is 0 Å². The molecule has 0 aliphatic heterocycles. The normalized spacial score (nSPS) is 12.2. The number of furan rings is 1. The maximum atomic E-state index is 6.48. The molecule has 188 valence electrons. The minimum Gasteiger partial charge on any atom is -0.455 e. The van der Waals surface area contributed by atoms with Gasteiger partial charge in [-0.2, -0.15) is 0 Å². The van der Waals surface area contributed by atoms with Crippen molar-refractivity contribution in [1.82, 2.24) is 9.55 Å². The molecule has 0 bridgehead atoms. The largest absolute Gasteiger partial charge is 0.455 e. The van der Waals surface area contributed by atoms with E-state index < -0.39 is 0 Å². The third-order valence-corrected chi connectivity index (χ3v) is 8.49. The van der Waals surface area contributed by atoms with E-state index in [-0.39, 0.29) is 0 Å². The number of rotatable bonds is 3. The van der Waals surface area contributed by atoms with Crippen LogP contribution in [0.1, 0.15) is 12.7 Å². The van der Waals surface area contributed by atoms with Crippen molar-refractivity contribution in [1.29, 1.82) is 0 Å². The second-order valence-electron chi connectivity index (χ2n) is 10.6. The van der Waals surface area contributed by atoms with Crippen LogP contribution in [0.3, 0.4) is 0 Å². The van der Waals surface area contributed by atoms with E-state index in [1.807, 2.05) is 12.1 Å². The van der Waals surface area contributed by atoms with E-state index in [1.54, 1.807) is 0 Å². The Morgan fingerprint density at radius 1 is 0.675 bits per heavy atom. The first kappa shape index (κ1) is 21.7. The molecule has 9 rings (SSSR count). The Kier molecular flexibility index (Phi) is 4.31. The van der Waals surface area contributed by atoms with Gasteiger partial charge in [-0.1, -0.05) is 79.7 Å². The van der Waals surface area contributed by atoms with Crippen molar-refractivity contribution in [3.05, 3.63) is 121 Å². The molecule has 2 heterocycles. The lowest BCUT2D eigenvalue weighted by Gasteiger charge is -2.11. The molecule has 1 aliphatic carbocycles. The van der Waals surface area contributed by atoms with Crippen LogP contribution in [0.25, 0.3) is 82.8 Å². The second kappa shape index (κ2) is 7.93. The molecule has 0 spiro atoms. The van der Waals surface area contributed by atoms with Gasteiger partial charge in [0, 0.05) is 33.8 Å². The van der Waals surface area contributed by atoms with E-state index in [9.17, 15) is 0 Å². The molecule has 40 heavy (non-hydrogen) atoms. The summed E-state index contributed by atoms with van der Waals surface area (Å²) in [7, 11) is 0. The van der Waals surface area contributed by atoms with Crippen molar-refractivity contribution in [3.63, 3.8) is 0 Å². The highest BCUT2D eigenvalue weighted by atomic mass is 16.3. The van der Waals surface area contributed by atoms with E-state index >= 15 is 0 Å². The van der Waals surface area contributed by atoms with E-state index in [0.717, 1.165) is 40.1 Å². The molecule has 6 aromatic carbocycles. The molecule has 0 N–H and O–H groups in total. The number of hydrogen-bond donors (Lipinski definition) is 0. The highest BCUT2D eigenvalue weighted by molar-refractivity contribution is 6.26. The molecule has 0 atom stereocenters. The molecule has 0 radical (unpaired) electrons. The van der Waals surface area contributed by atoms with Gasteiger partial charge in [-0.15, -0.1) is 0 Å². The smallest absolute Gasteiger partial charge is 0.143 e. The molecular weight excluding hydrogens is 488 g/mol. The lowest BCUT2D eigenvalue weighted by atomic mass is 9.97. The summed E-state index contributed by atoms with van der Waals surface area (Å²) in [5.41, 5.74) is 12.7. The van der Waals surface area contributed by atoms with Crippen LogP contribution in [-0.4, -0.2) is 9.55 Å². The summed E-state index contributed by atoms with van der Waals surface area (Å²) in [5, 5.41) is 4.90. The molecule has 0 saturated heterocycles. The summed E-state index contributed by atoms with van der Waals surface area (Å²) in [4.78, 5) is 4.86. The number of para-hydroxylation sites is 3.